The van der Waals surface area contributed by atoms with Crippen molar-refractivity contribution in [2.45, 2.75) is 31.5 Å². The Balaban J connectivity index is 1.35. The van der Waals surface area contributed by atoms with Gasteiger partial charge in [-0.2, -0.15) is 0 Å². The Morgan fingerprint density at radius 3 is 2.52 bits per heavy atom. The van der Waals surface area contributed by atoms with Gasteiger partial charge in [0, 0.05) is 18.0 Å². The Kier molecular flexibility index (Phi) is 5.87. The molecule has 7 heteroatoms. The molecule has 2 heterocycles. The highest BCUT2D eigenvalue weighted by atomic mass is 32.1. The van der Waals surface area contributed by atoms with Crippen LogP contribution in [0, 0.1) is 11.8 Å². The SMILES string of the molecule is COC(=O)c1ccc(O[C@H]2C[C@@H]3CN(C(=O)Cc4cccs4)C[C@@H]3C[C@@H]2O)cc1. The van der Waals surface area contributed by atoms with Gasteiger partial charge in [-0.05, 0) is 60.4 Å². The maximum absolute atomic E-state index is 12.6. The number of methoxy groups -OCH3 is 1. The molecule has 29 heavy (non-hydrogen) atoms. The van der Waals surface area contributed by atoms with Crippen LogP contribution in [0.25, 0.3) is 0 Å². The number of hydrogen-bond donors (Lipinski definition) is 1. The summed E-state index contributed by atoms with van der Waals surface area (Å²) in [4.78, 5) is 27.2. The van der Waals surface area contributed by atoms with Crippen molar-refractivity contribution in [1.29, 1.82) is 0 Å². The molecule has 2 aliphatic rings. The summed E-state index contributed by atoms with van der Waals surface area (Å²) < 4.78 is 10.7. The van der Waals surface area contributed by atoms with Crippen LogP contribution in [0.15, 0.2) is 41.8 Å². The van der Waals surface area contributed by atoms with Gasteiger partial charge in [-0.3, -0.25) is 4.79 Å². The lowest BCUT2D eigenvalue weighted by molar-refractivity contribution is -0.129. The van der Waals surface area contributed by atoms with Gasteiger partial charge in [0.25, 0.3) is 0 Å². The molecule has 2 aromatic rings. The molecular formula is C22H25NO5S. The van der Waals surface area contributed by atoms with Gasteiger partial charge in [0.15, 0.2) is 0 Å². The van der Waals surface area contributed by atoms with Crippen LogP contribution < -0.4 is 4.74 Å². The average Bonchev–Trinajstić information content (AvgIpc) is 3.37. The Morgan fingerprint density at radius 2 is 1.86 bits per heavy atom. The Morgan fingerprint density at radius 1 is 1.14 bits per heavy atom. The molecule has 1 saturated heterocycles. The van der Waals surface area contributed by atoms with E-state index in [1.54, 1.807) is 35.6 Å². The van der Waals surface area contributed by atoms with E-state index >= 15 is 0 Å². The second kappa shape index (κ2) is 8.55. The van der Waals surface area contributed by atoms with E-state index < -0.39 is 12.1 Å². The predicted molar refractivity (Wildman–Crippen MR) is 109 cm³/mol. The third-order valence-electron chi connectivity index (χ3n) is 5.91. The summed E-state index contributed by atoms with van der Waals surface area (Å²) in [6.45, 7) is 1.44. The van der Waals surface area contributed by atoms with Crippen molar-refractivity contribution in [1.82, 2.24) is 4.90 Å². The Labute approximate surface area is 174 Å². The van der Waals surface area contributed by atoms with E-state index in [0.717, 1.165) is 11.4 Å². The van der Waals surface area contributed by atoms with E-state index in [1.807, 2.05) is 22.4 Å². The number of carbonyl (C=O) groups is 2. The largest absolute Gasteiger partial charge is 0.488 e. The lowest BCUT2D eigenvalue weighted by Gasteiger charge is -2.35. The van der Waals surface area contributed by atoms with E-state index in [0.29, 0.717) is 49.0 Å². The van der Waals surface area contributed by atoms with Crippen LogP contribution in [-0.2, 0) is 16.0 Å². The minimum atomic E-state index is -0.566. The number of thiophene rings is 1. The number of aliphatic hydroxyl groups is 1. The van der Waals surface area contributed by atoms with Crippen molar-refractivity contribution >= 4 is 23.2 Å². The first kappa shape index (κ1) is 19.9. The zero-order chi connectivity index (χ0) is 20.4. The highest BCUT2D eigenvalue weighted by molar-refractivity contribution is 7.10. The molecule has 1 aromatic carbocycles. The van der Waals surface area contributed by atoms with Crippen LogP contribution in [0.4, 0.5) is 0 Å². The second-order valence-electron chi connectivity index (χ2n) is 7.79. The van der Waals surface area contributed by atoms with E-state index in [-0.39, 0.29) is 12.0 Å². The number of benzene rings is 1. The number of rotatable bonds is 5. The van der Waals surface area contributed by atoms with Gasteiger partial charge in [-0.1, -0.05) is 6.07 Å². The van der Waals surface area contributed by atoms with E-state index in [2.05, 4.69) is 0 Å². The molecule has 0 radical (unpaired) electrons. The van der Waals surface area contributed by atoms with Crippen LogP contribution in [0.5, 0.6) is 5.75 Å². The summed E-state index contributed by atoms with van der Waals surface area (Å²) >= 11 is 1.61. The van der Waals surface area contributed by atoms with E-state index in [4.69, 9.17) is 9.47 Å². The second-order valence-corrected chi connectivity index (χ2v) is 8.82. The Hall–Kier alpha value is -2.38. The van der Waals surface area contributed by atoms with Gasteiger partial charge in [-0.15, -0.1) is 11.3 Å². The summed E-state index contributed by atoms with van der Waals surface area (Å²) in [6, 6.07) is 10.7. The van der Waals surface area contributed by atoms with Crippen LogP contribution in [0.1, 0.15) is 28.1 Å². The van der Waals surface area contributed by atoms with Crippen molar-refractivity contribution in [3.63, 3.8) is 0 Å². The average molecular weight is 416 g/mol. The van der Waals surface area contributed by atoms with Crippen molar-refractivity contribution in [2.75, 3.05) is 20.2 Å². The molecular weight excluding hydrogens is 390 g/mol. The number of carbonyl (C=O) groups excluding carboxylic acids is 2. The molecule has 0 unspecified atom stereocenters. The van der Waals surface area contributed by atoms with Crippen molar-refractivity contribution in [3.8, 4) is 5.75 Å². The minimum absolute atomic E-state index is 0.159. The zero-order valence-corrected chi connectivity index (χ0v) is 17.1. The molecule has 1 saturated carbocycles. The van der Waals surface area contributed by atoms with E-state index in [1.165, 1.54) is 7.11 Å². The first-order valence-electron chi connectivity index (χ1n) is 9.86. The highest BCUT2D eigenvalue weighted by Crippen LogP contribution is 2.38. The van der Waals surface area contributed by atoms with Gasteiger partial charge in [0.05, 0.1) is 25.2 Å². The number of nitrogens with zero attached hydrogens (tertiary/aromatic N) is 1. The molecule has 4 rings (SSSR count). The third-order valence-corrected chi connectivity index (χ3v) is 6.78. The molecule has 6 nitrogen and oxygen atoms in total. The molecule has 1 aliphatic carbocycles. The quantitative estimate of drug-likeness (QED) is 0.760. The number of aliphatic hydroxyl groups excluding tert-OH is 1. The van der Waals surface area contributed by atoms with Crippen LogP contribution in [-0.4, -0.2) is 54.3 Å². The van der Waals surface area contributed by atoms with Gasteiger partial charge >= 0.3 is 5.97 Å². The molecule has 0 spiro atoms. The monoisotopic (exact) mass is 415 g/mol. The summed E-state index contributed by atoms with van der Waals surface area (Å²) in [6.07, 6.45) is 0.925. The first-order chi connectivity index (χ1) is 14.0. The molecule has 4 atom stereocenters. The summed E-state index contributed by atoms with van der Waals surface area (Å²) in [7, 11) is 1.34. The van der Waals surface area contributed by atoms with Crippen molar-refractivity contribution in [2.24, 2.45) is 11.8 Å². The molecule has 0 bridgehead atoms. The highest BCUT2D eigenvalue weighted by Gasteiger charge is 2.43. The van der Waals surface area contributed by atoms with Gasteiger partial charge in [0.2, 0.25) is 5.91 Å². The number of amides is 1. The molecule has 2 fully saturated rings. The molecule has 1 amide bonds. The fourth-order valence-electron chi connectivity index (χ4n) is 4.36. The molecule has 1 aliphatic heterocycles. The fraction of sp³-hybridized carbons (Fsp3) is 0.455. The summed E-state index contributed by atoms with van der Waals surface area (Å²) in [5.41, 5.74) is 0.458. The van der Waals surface area contributed by atoms with Crippen molar-refractivity contribution in [3.05, 3.63) is 52.2 Å². The Bertz CT molecular complexity index is 851. The van der Waals surface area contributed by atoms with Crippen molar-refractivity contribution < 1.29 is 24.2 Å². The fourth-order valence-corrected chi connectivity index (χ4v) is 5.05. The van der Waals surface area contributed by atoms with Crippen LogP contribution in [0.2, 0.25) is 0 Å². The number of fused-ring (bicyclic) bond motifs is 1. The maximum Gasteiger partial charge on any atom is 0.337 e. The normalized spacial score (nSPS) is 26.1. The minimum Gasteiger partial charge on any atom is -0.488 e. The van der Waals surface area contributed by atoms with Gasteiger partial charge in [-0.25, -0.2) is 4.79 Å². The first-order valence-corrected chi connectivity index (χ1v) is 10.7. The molecule has 1 aromatic heterocycles. The summed E-state index contributed by atoms with van der Waals surface area (Å²) in [5.74, 6) is 1.04. The molecule has 1 N–H and O–H groups in total. The number of esters is 1. The number of ether oxygens (including phenoxy) is 2. The van der Waals surface area contributed by atoms with Crippen LogP contribution in [0.3, 0.4) is 0 Å². The lowest BCUT2D eigenvalue weighted by atomic mass is 9.78. The van der Waals surface area contributed by atoms with Crippen LogP contribution >= 0.6 is 11.3 Å². The number of likely N-dealkylation sites (tertiary alicyclic amines) is 1. The van der Waals surface area contributed by atoms with Gasteiger partial charge < -0.3 is 19.5 Å². The summed E-state index contributed by atoms with van der Waals surface area (Å²) in [5, 5.41) is 12.6. The van der Waals surface area contributed by atoms with Gasteiger partial charge in [0.1, 0.15) is 11.9 Å². The van der Waals surface area contributed by atoms with E-state index in [9.17, 15) is 14.7 Å². The molecule has 154 valence electrons. The maximum atomic E-state index is 12.6. The topological polar surface area (TPSA) is 76.1 Å². The lowest BCUT2D eigenvalue weighted by Crippen LogP contribution is -2.42. The standard InChI is InChI=1S/C22H25NO5S/c1-27-22(26)14-4-6-17(7-5-14)28-20-10-16-13-23(12-15(16)9-19(20)24)21(25)11-18-3-2-8-29-18/h2-8,15-16,19-20,24H,9-13H2,1H3/t15-,16+,19-,20-/m0/s1. The zero-order valence-electron chi connectivity index (χ0n) is 16.3. The number of hydrogen-bond acceptors (Lipinski definition) is 6. The smallest absolute Gasteiger partial charge is 0.337 e. The third kappa shape index (κ3) is 4.46. The predicted octanol–water partition coefficient (Wildman–Crippen LogP) is 2.75.